The van der Waals surface area contributed by atoms with Crippen molar-refractivity contribution in [3.63, 3.8) is 0 Å². The molecule has 0 saturated carbocycles. The Morgan fingerprint density at radius 1 is 0.333 bits per heavy atom. The molecule has 2 aliphatic carbocycles. The summed E-state index contributed by atoms with van der Waals surface area (Å²) in [5.74, 6) is 0. The summed E-state index contributed by atoms with van der Waals surface area (Å²) >= 11 is 0. The molecule has 0 amide bonds. The lowest BCUT2D eigenvalue weighted by atomic mass is 9.67. The second-order valence-electron chi connectivity index (χ2n) is 19.9. The fraction of sp³-hybridized carbons (Fsp3) is 0.0571. The third kappa shape index (κ3) is 6.28. The lowest BCUT2D eigenvalue weighted by Crippen LogP contribution is -2.28. The number of hydrogen-bond acceptors (Lipinski definition) is 2. The van der Waals surface area contributed by atoms with Gasteiger partial charge in [-0.3, -0.25) is 0 Å². The first-order valence-corrected chi connectivity index (χ1v) is 25.1. The van der Waals surface area contributed by atoms with E-state index in [9.17, 15) is 0 Å². The van der Waals surface area contributed by atoms with Crippen LogP contribution in [0.2, 0.25) is 0 Å². The van der Waals surface area contributed by atoms with E-state index >= 15 is 0 Å². The van der Waals surface area contributed by atoms with Gasteiger partial charge in [0.1, 0.15) is 11.2 Å². The van der Waals surface area contributed by atoms with Crippen molar-refractivity contribution in [2.75, 3.05) is 4.90 Å². The van der Waals surface area contributed by atoms with E-state index in [1.807, 2.05) is 6.07 Å². The molecule has 0 fully saturated rings. The van der Waals surface area contributed by atoms with Crippen molar-refractivity contribution in [3.05, 3.63) is 294 Å². The van der Waals surface area contributed by atoms with Crippen molar-refractivity contribution in [2.45, 2.75) is 24.7 Å². The van der Waals surface area contributed by atoms with Gasteiger partial charge in [0.25, 0.3) is 0 Å². The third-order valence-electron chi connectivity index (χ3n) is 15.7. The number of nitrogens with zero attached hydrogens (tertiary/aromatic N) is 1. The fourth-order valence-electron chi connectivity index (χ4n) is 12.6. The highest BCUT2D eigenvalue weighted by molar-refractivity contribution is 6.12. The van der Waals surface area contributed by atoms with E-state index in [4.69, 9.17) is 4.42 Å². The Balaban J connectivity index is 0.877. The van der Waals surface area contributed by atoms with Gasteiger partial charge in [-0.2, -0.15) is 0 Å². The molecule has 72 heavy (non-hydrogen) atoms. The Labute approximate surface area is 420 Å². The molecular formula is C70H49NO. The molecule has 0 spiro atoms. The van der Waals surface area contributed by atoms with Gasteiger partial charge in [-0.05, 0) is 138 Å². The molecule has 0 unspecified atom stereocenters. The van der Waals surface area contributed by atoms with Gasteiger partial charge in [0.15, 0.2) is 0 Å². The first-order valence-electron chi connectivity index (χ1n) is 25.1. The van der Waals surface area contributed by atoms with Crippen LogP contribution in [0.25, 0.3) is 77.6 Å². The first kappa shape index (κ1) is 41.9. The monoisotopic (exact) mass is 919 g/mol. The maximum atomic E-state index is 6.38. The van der Waals surface area contributed by atoms with E-state index in [0.29, 0.717) is 0 Å². The normalized spacial score (nSPS) is 13.6. The third-order valence-corrected chi connectivity index (χ3v) is 15.7. The van der Waals surface area contributed by atoms with Gasteiger partial charge < -0.3 is 9.32 Å². The predicted molar refractivity (Wildman–Crippen MR) is 300 cm³/mol. The highest BCUT2D eigenvalue weighted by Crippen LogP contribution is 2.57. The van der Waals surface area contributed by atoms with Crippen molar-refractivity contribution < 1.29 is 4.42 Å². The van der Waals surface area contributed by atoms with Crippen molar-refractivity contribution in [3.8, 4) is 55.6 Å². The van der Waals surface area contributed by atoms with Crippen LogP contribution in [0.3, 0.4) is 0 Å². The molecule has 0 radical (unpaired) electrons. The quantitative estimate of drug-likeness (QED) is 0.151. The van der Waals surface area contributed by atoms with Gasteiger partial charge >= 0.3 is 0 Å². The van der Waals surface area contributed by atoms with Crippen LogP contribution in [-0.2, 0) is 10.8 Å². The van der Waals surface area contributed by atoms with E-state index < -0.39 is 5.41 Å². The Morgan fingerprint density at radius 3 is 1.56 bits per heavy atom. The van der Waals surface area contributed by atoms with E-state index in [2.05, 4.69) is 274 Å². The van der Waals surface area contributed by atoms with Gasteiger partial charge in [0, 0.05) is 27.6 Å². The summed E-state index contributed by atoms with van der Waals surface area (Å²) in [6.45, 7) is 4.75. The van der Waals surface area contributed by atoms with Crippen LogP contribution < -0.4 is 4.90 Å². The van der Waals surface area contributed by atoms with Crippen molar-refractivity contribution >= 4 is 39.0 Å². The highest BCUT2D eigenvalue weighted by atomic mass is 16.3. The Kier molecular flexibility index (Phi) is 9.50. The van der Waals surface area contributed by atoms with Crippen LogP contribution in [0.1, 0.15) is 47.2 Å². The average molecular weight is 920 g/mol. The molecule has 2 heteroatoms. The van der Waals surface area contributed by atoms with Crippen LogP contribution in [0.5, 0.6) is 0 Å². The highest BCUT2D eigenvalue weighted by Gasteiger charge is 2.46. The molecule has 340 valence electrons. The first-order chi connectivity index (χ1) is 35.5. The topological polar surface area (TPSA) is 16.4 Å². The van der Waals surface area contributed by atoms with Gasteiger partial charge in [-0.15, -0.1) is 0 Å². The van der Waals surface area contributed by atoms with Crippen molar-refractivity contribution in [1.82, 2.24) is 0 Å². The molecule has 1 heterocycles. The van der Waals surface area contributed by atoms with E-state index in [1.54, 1.807) is 0 Å². The van der Waals surface area contributed by atoms with Gasteiger partial charge in [-0.1, -0.05) is 226 Å². The minimum atomic E-state index is -0.417. The molecule has 0 aliphatic heterocycles. The number of fused-ring (bicyclic) bond motifs is 9. The molecule has 11 aromatic carbocycles. The van der Waals surface area contributed by atoms with Gasteiger partial charge in [0.05, 0.1) is 11.1 Å². The largest absolute Gasteiger partial charge is 0.456 e. The standard InChI is InChI=1S/C70H49NO/c1-69(2)61-32-12-9-27-56(61)58-31-17-34-64(68(58)69)71(54-26-16-20-50(44-54)55-30-18-36-66-67(55)59-29-11-14-35-65(59)72-66)53-25-15-19-48(43-53)46-37-39-47(40-38-46)49-41-42-63-60(45-49)57-28-10-13-33-62(57)70(63,51-21-5-3-6-22-51)52-23-7-4-8-24-52/h3-45H,1-2H3. The molecule has 14 rings (SSSR count). The maximum Gasteiger partial charge on any atom is 0.136 e. The van der Waals surface area contributed by atoms with Gasteiger partial charge in [0.2, 0.25) is 0 Å². The van der Waals surface area contributed by atoms with E-state index in [1.165, 1.54) is 72.4 Å². The molecular weight excluding hydrogens is 871 g/mol. The molecule has 2 nitrogen and oxygen atoms in total. The molecule has 2 aliphatic rings. The zero-order chi connectivity index (χ0) is 48.0. The minimum absolute atomic E-state index is 0.225. The van der Waals surface area contributed by atoms with Crippen LogP contribution in [0.4, 0.5) is 17.1 Å². The van der Waals surface area contributed by atoms with E-state index in [-0.39, 0.29) is 5.41 Å². The maximum absolute atomic E-state index is 6.38. The van der Waals surface area contributed by atoms with Crippen molar-refractivity contribution in [2.24, 2.45) is 0 Å². The number of para-hydroxylation sites is 1. The summed E-state index contributed by atoms with van der Waals surface area (Å²) in [6, 6.07) is 95.9. The number of benzene rings is 11. The molecule has 0 saturated heterocycles. The zero-order valence-corrected chi connectivity index (χ0v) is 40.2. The molecule has 0 bridgehead atoms. The zero-order valence-electron chi connectivity index (χ0n) is 40.2. The van der Waals surface area contributed by atoms with Crippen LogP contribution in [-0.4, -0.2) is 0 Å². The average Bonchev–Trinajstić information content (AvgIpc) is 4.06. The second kappa shape index (κ2) is 16.3. The van der Waals surface area contributed by atoms with Gasteiger partial charge in [-0.25, -0.2) is 0 Å². The summed E-state index contributed by atoms with van der Waals surface area (Å²) in [7, 11) is 0. The summed E-state index contributed by atoms with van der Waals surface area (Å²) in [5.41, 5.74) is 24.5. The molecule has 0 N–H and O–H groups in total. The second-order valence-corrected chi connectivity index (χ2v) is 19.9. The Hall–Kier alpha value is -8.98. The Bertz CT molecular complexity index is 4030. The van der Waals surface area contributed by atoms with Crippen LogP contribution in [0, 0.1) is 0 Å². The van der Waals surface area contributed by atoms with E-state index in [0.717, 1.165) is 55.6 Å². The minimum Gasteiger partial charge on any atom is -0.456 e. The lowest BCUT2D eigenvalue weighted by Gasteiger charge is -2.33. The summed E-state index contributed by atoms with van der Waals surface area (Å²) in [5, 5.41) is 2.26. The predicted octanol–water partition coefficient (Wildman–Crippen LogP) is 18.7. The lowest BCUT2D eigenvalue weighted by molar-refractivity contribution is 0.661. The Morgan fingerprint density at radius 2 is 0.833 bits per heavy atom. The summed E-state index contributed by atoms with van der Waals surface area (Å²) in [4.78, 5) is 2.48. The van der Waals surface area contributed by atoms with Crippen molar-refractivity contribution in [1.29, 1.82) is 0 Å². The number of rotatable bonds is 8. The molecule has 12 aromatic rings. The summed E-state index contributed by atoms with van der Waals surface area (Å²) < 4.78 is 6.38. The van der Waals surface area contributed by atoms with Crippen LogP contribution in [0.15, 0.2) is 265 Å². The SMILES string of the molecule is CC1(C)c2ccccc2-c2cccc(N(c3cccc(-c4ccc(-c5ccc6c(c5)-c5ccccc5C6(c5ccccc5)c5ccccc5)cc4)c3)c3cccc(-c4cccc5oc6ccccc6c45)c3)c21. The molecule has 1 aromatic heterocycles. The molecule has 0 atom stereocenters. The number of hydrogen-bond donors (Lipinski definition) is 0. The fourth-order valence-corrected chi connectivity index (χ4v) is 12.6. The summed E-state index contributed by atoms with van der Waals surface area (Å²) in [6.07, 6.45) is 0. The van der Waals surface area contributed by atoms with Crippen LogP contribution >= 0.6 is 0 Å². The smallest absolute Gasteiger partial charge is 0.136 e. The number of anilines is 3. The number of furan rings is 1.